The molecule has 1 aromatic rings. The Morgan fingerprint density at radius 3 is 2.81 bits per heavy atom. The summed E-state index contributed by atoms with van der Waals surface area (Å²) in [4.78, 5) is 19.3. The van der Waals surface area contributed by atoms with Crippen molar-refractivity contribution in [3.8, 4) is 0 Å². The van der Waals surface area contributed by atoms with E-state index in [0.29, 0.717) is 17.1 Å². The lowest BCUT2D eigenvalue weighted by Gasteiger charge is -2.25. The van der Waals surface area contributed by atoms with Crippen molar-refractivity contribution in [1.82, 2.24) is 10.3 Å². The van der Waals surface area contributed by atoms with Gasteiger partial charge in [-0.1, -0.05) is 18.3 Å². The summed E-state index contributed by atoms with van der Waals surface area (Å²) in [5.41, 5.74) is 5.90. The topological polar surface area (TPSA) is 91.5 Å². The van der Waals surface area contributed by atoms with Crippen LogP contribution in [0.15, 0.2) is 0 Å². The first kappa shape index (κ1) is 16.0. The van der Waals surface area contributed by atoms with Gasteiger partial charge in [0.05, 0.1) is 0 Å². The Morgan fingerprint density at radius 2 is 2.19 bits per heavy atom. The van der Waals surface area contributed by atoms with Gasteiger partial charge in [0.1, 0.15) is 10.7 Å². The first-order chi connectivity index (χ1) is 10.2. The molecule has 118 valence electrons. The van der Waals surface area contributed by atoms with E-state index in [1.54, 1.807) is 0 Å². The first-order valence-electron chi connectivity index (χ1n) is 7.58. The number of amides is 1. The molecule has 0 radical (unpaired) electrons. The first-order valence-corrected chi connectivity index (χ1v) is 8.40. The molecule has 0 bridgehead atoms. The summed E-state index contributed by atoms with van der Waals surface area (Å²) in [6.45, 7) is 4.01. The zero-order chi connectivity index (χ0) is 15.2. The van der Waals surface area contributed by atoms with Crippen LogP contribution >= 0.6 is 11.3 Å². The van der Waals surface area contributed by atoms with Crippen LogP contribution in [0, 0.1) is 0 Å². The molecule has 0 saturated carbocycles. The smallest absolute Gasteiger partial charge is 0.265 e. The van der Waals surface area contributed by atoms with Crippen molar-refractivity contribution in [2.75, 3.05) is 30.3 Å². The Labute approximate surface area is 129 Å². The van der Waals surface area contributed by atoms with Gasteiger partial charge in [-0.3, -0.25) is 4.79 Å². The van der Waals surface area contributed by atoms with Crippen LogP contribution in [0.3, 0.4) is 0 Å². The van der Waals surface area contributed by atoms with Crippen LogP contribution in [-0.2, 0) is 0 Å². The number of carbonyl (C=O) groups excluding carboxylic acids is 1. The van der Waals surface area contributed by atoms with Gasteiger partial charge in [-0.15, -0.1) is 0 Å². The van der Waals surface area contributed by atoms with E-state index in [1.807, 2.05) is 6.92 Å². The number of nitrogen functional groups attached to an aromatic ring is 1. The fraction of sp³-hybridized carbons (Fsp3) is 0.714. The lowest BCUT2D eigenvalue weighted by atomic mass is 10.1. The van der Waals surface area contributed by atoms with Crippen LogP contribution < -0.4 is 16.0 Å². The van der Waals surface area contributed by atoms with Crippen LogP contribution in [0.1, 0.15) is 48.7 Å². The van der Waals surface area contributed by atoms with Gasteiger partial charge in [-0.2, -0.15) is 0 Å². The summed E-state index contributed by atoms with van der Waals surface area (Å²) in [7, 11) is 0. The molecule has 21 heavy (non-hydrogen) atoms. The Balaban J connectivity index is 2.05. The van der Waals surface area contributed by atoms with Crippen LogP contribution in [-0.4, -0.2) is 41.7 Å². The fourth-order valence-corrected chi connectivity index (χ4v) is 3.43. The van der Waals surface area contributed by atoms with Crippen molar-refractivity contribution in [2.45, 2.75) is 45.1 Å². The number of thiazole rings is 1. The molecule has 1 saturated heterocycles. The third-order valence-electron chi connectivity index (χ3n) is 3.78. The van der Waals surface area contributed by atoms with E-state index in [2.05, 4.69) is 15.2 Å². The Bertz CT molecular complexity index is 472. The summed E-state index contributed by atoms with van der Waals surface area (Å²) >= 11 is 1.36. The number of carbonyl (C=O) groups is 1. The summed E-state index contributed by atoms with van der Waals surface area (Å²) < 4.78 is 0. The lowest BCUT2D eigenvalue weighted by Crippen LogP contribution is -2.34. The average molecular weight is 312 g/mol. The lowest BCUT2D eigenvalue weighted by molar-refractivity contribution is 0.0934. The molecular weight excluding hydrogens is 288 g/mol. The summed E-state index contributed by atoms with van der Waals surface area (Å²) in [5.74, 6) is 0.116. The number of nitrogens with two attached hydrogens (primary N) is 1. The Kier molecular flexibility index (Phi) is 5.81. The number of aliphatic hydroxyl groups is 1. The maximum absolute atomic E-state index is 12.3. The van der Waals surface area contributed by atoms with E-state index < -0.39 is 0 Å². The van der Waals surface area contributed by atoms with E-state index in [-0.39, 0.29) is 18.6 Å². The molecule has 1 fully saturated rings. The molecular formula is C14H24N4O2S. The van der Waals surface area contributed by atoms with E-state index in [1.165, 1.54) is 17.8 Å². The van der Waals surface area contributed by atoms with Crippen LogP contribution in [0.4, 0.5) is 10.9 Å². The number of nitrogens with zero attached hydrogens (tertiary/aromatic N) is 2. The molecule has 4 N–H and O–H groups in total. The molecule has 1 aliphatic rings. The quantitative estimate of drug-likeness (QED) is 0.742. The number of hydrogen-bond donors (Lipinski definition) is 3. The molecule has 1 atom stereocenters. The third kappa shape index (κ3) is 4.07. The van der Waals surface area contributed by atoms with E-state index >= 15 is 0 Å². The van der Waals surface area contributed by atoms with Gasteiger partial charge in [0.15, 0.2) is 5.13 Å². The average Bonchev–Trinajstić information content (AvgIpc) is 2.89. The largest absolute Gasteiger partial charge is 0.396 e. The Hall–Kier alpha value is -1.34. The van der Waals surface area contributed by atoms with Gasteiger partial charge < -0.3 is 21.1 Å². The highest BCUT2D eigenvalue weighted by Gasteiger charge is 2.22. The van der Waals surface area contributed by atoms with Crippen LogP contribution in [0.5, 0.6) is 0 Å². The number of aliphatic hydroxyl groups excluding tert-OH is 1. The van der Waals surface area contributed by atoms with Crippen molar-refractivity contribution >= 4 is 28.2 Å². The molecule has 0 aromatic carbocycles. The van der Waals surface area contributed by atoms with Gasteiger partial charge in [-0.05, 0) is 32.1 Å². The maximum atomic E-state index is 12.3. The molecule has 1 amide bonds. The summed E-state index contributed by atoms with van der Waals surface area (Å²) in [6.07, 6.45) is 4.92. The highest BCUT2D eigenvalue weighted by Crippen LogP contribution is 2.30. The minimum absolute atomic E-state index is 0.0255. The molecule has 7 heteroatoms. The number of rotatable bonds is 6. The monoisotopic (exact) mass is 312 g/mol. The van der Waals surface area contributed by atoms with Crippen molar-refractivity contribution < 1.29 is 9.90 Å². The minimum atomic E-state index is -0.187. The molecule has 1 aromatic heterocycles. The van der Waals surface area contributed by atoms with Gasteiger partial charge in [0.25, 0.3) is 5.91 Å². The zero-order valence-corrected chi connectivity index (χ0v) is 13.3. The molecule has 6 nitrogen and oxygen atoms in total. The third-order valence-corrected chi connectivity index (χ3v) is 4.91. The maximum Gasteiger partial charge on any atom is 0.265 e. The van der Waals surface area contributed by atoms with E-state index in [9.17, 15) is 4.79 Å². The van der Waals surface area contributed by atoms with E-state index in [0.717, 1.165) is 37.5 Å². The Morgan fingerprint density at radius 1 is 1.48 bits per heavy atom. The molecule has 0 spiro atoms. The van der Waals surface area contributed by atoms with Crippen LogP contribution in [0.2, 0.25) is 0 Å². The second-order valence-electron chi connectivity index (χ2n) is 5.35. The zero-order valence-electron chi connectivity index (χ0n) is 12.5. The molecule has 2 heterocycles. The van der Waals surface area contributed by atoms with Crippen molar-refractivity contribution in [2.24, 2.45) is 0 Å². The predicted octanol–water partition coefficient (Wildman–Crippen LogP) is 1.61. The number of piperidine rings is 1. The number of nitrogens with one attached hydrogen (secondary N) is 1. The van der Waals surface area contributed by atoms with Gasteiger partial charge in [-0.25, -0.2) is 4.98 Å². The van der Waals surface area contributed by atoms with Crippen molar-refractivity contribution in [3.05, 3.63) is 4.88 Å². The number of anilines is 2. The predicted molar refractivity (Wildman–Crippen MR) is 85.8 cm³/mol. The van der Waals surface area contributed by atoms with Gasteiger partial charge in [0, 0.05) is 25.7 Å². The van der Waals surface area contributed by atoms with Gasteiger partial charge in [0.2, 0.25) is 0 Å². The fourth-order valence-electron chi connectivity index (χ4n) is 2.49. The summed E-state index contributed by atoms with van der Waals surface area (Å²) in [5, 5.41) is 12.7. The molecule has 1 aliphatic heterocycles. The SMILES string of the molecule is CCC(CCO)NC(=O)c1sc(N2CCCCC2)nc1N. The van der Waals surface area contributed by atoms with Crippen molar-refractivity contribution in [3.63, 3.8) is 0 Å². The van der Waals surface area contributed by atoms with Gasteiger partial charge >= 0.3 is 0 Å². The second-order valence-corrected chi connectivity index (χ2v) is 6.33. The van der Waals surface area contributed by atoms with Crippen LogP contribution in [0.25, 0.3) is 0 Å². The summed E-state index contributed by atoms with van der Waals surface area (Å²) in [6, 6.07) is -0.0255. The second kappa shape index (κ2) is 7.61. The number of hydrogen-bond acceptors (Lipinski definition) is 6. The molecule has 0 aliphatic carbocycles. The highest BCUT2D eigenvalue weighted by atomic mass is 32.1. The number of aromatic nitrogens is 1. The highest BCUT2D eigenvalue weighted by molar-refractivity contribution is 7.18. The normalized spacial score (nSPS) is 16.8. The van der Waals surface area contributed by atoms with E-state index in [4.69, 9.17) is 10.8 Å². The minimum Gasteiger partial charge on any atom is -0.396 e. The van der Waals surface area contributed by atoms with Crippen molar-refractivity contribution in [1.29, 1.82) is 0 Å². The molecule has 1 unspecified atom stereocenters. The molecule has 2 rings (SSSR count). The standard InChI is InChI=1S/C14H24N4O2S/c1-2-10(6-9-19)16-13(20)11-12(15)17-14(21-11)18-7-4-3-5-8-18/h10,19H,2-9,15H2,1H3,(H,16,20).